The Hall–Kier alpha value is -3.69. The lowest BCUT2D eigenvalue weighted by atomic mass is 10.1. The molecule has 8 nitrogen and oxygen atoms in total. The van der Waals surface area contributed by atoms with Gasteiger partial charge in [0.05, 0.1) is 12.4 Å². The van der Waals surface area contributed by atoms with Crippen molar-refractivity contribution < 1.29 is 22.7 Å². The van der Waals surface area contributed by atoms with E-state index in [4.69, 9.17) is 9.47 Å². The van der Waals surface area contributed by atoms with Crippen LogP contribution in [-0.4, -0.2) is 32.5 Å². The van der Waals surface area contributed by atoms with Crippen LogP contribution in [0.5, 0.6) is 11.5 Å². The second-order valence-corrected chi connectivity index (χ2v) is 9.10. The summed E-state index contributed by atoms with van der Waals surface area (Å²) in [6, 6.07) is 15.4. The van der Waals surface area contributed by atoms with Crippen molar-refractivity contribution in [2.75, 3.05) is 18.5 Å². The zero-order valence-corrected chi connectivity index (χ0v) is 19.7. The van der Waals surface area contributed by atoms with Crippen molar-refractivity contribution in [1.29, 1.82) is 0 Å². The highest BCUT2D eigenvalue weighted by Gasteiger charge is 2.14. The first-order valence-corrected chi connectivity index (χ1v) is 12.3. The molecular formula is C25H27N3O5S. The van der Waals surface area contributed by atoms with Crippen LogP contribution in [0.15, 0.2) is 79.6 Å². The van der Waals surface area contributed by atoms with Gasteiger partial charge in [-0.15, -0.1) is 6.58 Å². The number of nitrogens with one attached hydrogen (secondary N) is 2. The van der Waals surface area contributed by atoms with Crippen LogP contribution in [0.4, 0.5) is 5.69 Å². The maximum absolute atomic E-state index is 12.8. The minimum absolute atomic E-state index is 0.159. The highest BCUT2D eigenvalue weighted by atomic mass is 32.2. The topological polar surface area (TPSA) is 107 Å². The predicted octanol–water partition coefficient (Wildman–Crippen LogP) is 3.92. The first kappa shape index (κ1) is 24.9. The minimum Gasteiger partial charge on any atom is -0.490 e. The lowest BCUT2D eigenvalue weighted by molar-refractivity contribution is 0.102. The van der Waals surface area contributed by atoms with E-state index < -0.39 is 10.0 Å². The first-order chi connectivity index (χ1) is 16.4. The third kappa shape index (κ3) is 7.43. The van der Waals surface area contributed by atoms with Gasteiger partial charge >= 0.3 is 0 Å². The molecule has 0 aliphatic heterocycles. The van der Waals surface area contributed by atoms with Crippen LogP contribution in [0, 0.1) is 0 Å². The van der Waals surface area contributed by atoms with Crippen molar-refractivity contribution in [3.05, 3.63) is 96.3 Å². The van der Waals surface area contributed by atoms with E-state index in [1.165, 1.54) is 6.08 Å². The van der Waals surface area contributed by atoms with Gasteiger partial charge in [-0.25, -0.2) is 13.1 Å². The van der Waals surface area contributed by atoms with Gasteiger partial charge in [0.1, 0.15) is 6.61 Å². The molecule has 1 amide bonds. The summed E-state index contributed by atoms with van der Waals surface area (Å²) >= 11 is 0. The molecule has 0 radical (unpaired) electrons. The third-order valence-electron chi connectivity index (χ3n) is 4.64. The number of amides is 1. The first-order valence-electron chi connectivity index (χ1n) is 10.7. The SMILES string of the molecule is C=CCNS(=O)(=O)Cc1ccc(NC(=O)c2ccc(OCc3cccnc3)c(OCC)c2)cc1. The van der Waals surface area contributed by atoms with Crippen molar-refractivity contribution >= 4 is 21.6 Å². The van der Waals surface area contributed by atoms with E-state index in [0.717, 1.165) is 5.56 Å². The average Bonchev–Trinajstić information content (AvgIpc) is 2.84. The summed E-state index contributed by atoms with van der Waals surface area (Å²) in [7, 11) is -3.45. The molecule has 0 aliphatic rings. The smallest absolute Gasteiger partial charge is 0.255 e. The summed E-state index contributed by atoms with van der Waals surface area (Å²) in [4.78, 5) is 16.8. The molecule has 0 unspecified atom stereocenters. The van der Waals surface area contributed by atoms with E-state index in [2.05, 4.69) is 21.6 Å². The van der Waals surface area contributed by atoms with E-state index in [1.807, 2.05) is 19.1 Å². The largest absolute Gasteiger partial charge is 0.490 e. The van der Waals surface area contributed by atoms with E-state index in [0.29, 0.717) is 41.5 Å². The van der Waals surface area contributed by atoms with Gasteiger partial charge < -0.3 is 14.8 Å². The second-order valence-electron chi connectivity index (χ2n) is 7.29. The molecule has 0 bridgehead atoms. The number of carbonyl (C=O) groups is 1. The summed E-state index contributed by atoms with van der Waals surface area (Å²) in [5.74, 6) is 0.505. The summed E-state index contributed by atoms with van der Waals surface area (Å²) in [5.41, 5.74) is 2.46. The highest BCUT2D eigenvalue weighted by Crippen LogP contribution is 2.29. The van der Waals surface area contributed by atoms with Crippen molar-refractivity contribution in [2.24, 2.45) is 0 Å². The van der Waals surface area contributed by atoms with Crippen molar-refractivity contribution in [3.8, 4) is 11.5 Å². The molecule has 0 atom stereocenters. The van der Waals surface area contributed by atoms with Crippen molar-refractivity contribution in [3.63, 3.8) is 0 Å². The predicted molar refractivity (Wildman–Crippen MR) is 131 cm³/mol. The average molecular weight is 482 g/mol. The Bertz CT molecular complexity index is 1210. The molecule has 3 rings (SSSR count). The molecule has 0 saturated heterocycles. The molecule has 2 N–H and O–H groups in total. The Morgan fingerprint density at radius 3 is 2.53 bits per heavy atom. The minimum atomic E-state index is -3.45. The van der Waals surface area contributed by atoms with Crippen LogP contribution < -0.4 is 19.5 Å². The van der Waals surface area contributed by atoms with Crippen LogP contribution in [0.1, 0.15) is 28.4 Å². The highest BCUT2D eigenvalue weighted by molar-refractivity contribution is 7.88. The van der Waals surface area contributed by atoms with Gasteiger partial charge in [-0.2, -0.15) is 0 Å². The van der Waals surface area contributed by atoms with Gasteiger partial charge in [0.2, 0.25) is 10.0 Å². The Morgan fingerprint density at radius 2 is 1.85 bits per heavy atom. The summed E-state index contributed by atoms with van der Waals surface area (Å²) < 4.78 is 37.9. The van der Waals surface area contributed by atoms with Crippen LogP contribution in [0.25, 0.3) is 0 Å². The molecule has 0 saturated carbocycles. The molecule has 0 fully saturated rings. The van der Waals surface area contributed by atoms with E-state index in [9.17, 15) is 13.2 Å². The molecule has 178 valence electrons. The van der Waals surface area contributed by atoms with Gasteiger partial charge in [0.25, 0.3) is 5.91 Å². The summed E-state index contributed by atoms with van der Waals surface area (Å²) in [5, 5.41) is 2.81. The van der Waals surface area contributed by atoms with E-state index in [1.54, 1.807) is 54.9 Å². The van der Waals surface area contributed by atoms with Gasteiger partial charge in [0, 0.05) is 35.8 Å². The van der Waals surface area contributed by atoms with Crippen molar-refractivity contribution in [2.45, 2.75) is 19.3 Å². The monoisotopic (exact) mass is 481 g/mol. The lowest BCUT2D eigenvalue weighted by Crippen LogP contribution is -2.25. The number of hydrogen-bond acceptors (Lipinski definition) is 6. The fraction of sp³-hybridized carbons (Fsp3) is 0.200. The number of carbonyl (C=O) groups excluding carboxylic acids is 1. The summed E-state index contributed by atoms with van der Waals surface area (Å²) in [6.07, 6.45) is 4.90. The quantitative estimate of drug-likeness (QED) is 0.380. The molecule has 34 heavy (non-hydrogen) atoms. The third-order valence-corrected chi connectivity index (χ3v) is 5.96. The Labute approximate surface area is 199 Å². The van der Waals surface area contributed by atoms with Crippen molar-refractivity contribution in [1.82, 2.24) is 9.71 Å². The molecular weight excluding hydrogens is 454 g/mol. The number of pyridine rings is 1. The lowest BCUT2D eigenvalue weighted by Gasteiger charge is -2.14. The standard InChI is InChI=1S/C25H27N3O5S/c1-3-13-27-34(30,31)18-19-7-10-22(11-8-19)28-25(29)21-9-12-23(24(15-21)32-4-2)33-17-20-6-5-14-26-16-20/h3,5-12,14-16,27H,1,4,13,17-18H2,2H3,(H,28,29). The van der Waals surface area contributed by atoms with Gasteiger partial charge in [-0.1, -0.05) is 24.3 Å². The molecule has 0 spiro atoms. The van der Waals surface area contributed by atoms with Crippen LogP contribution in [-0.2, 0) is 22.4 Å². The van der Waals surface area contributed by atoms with E-state index >= 15 is 0 Å². The molecule has 1 heterocycles. The normalized spacial score (nSPS) is 11.0. The zero-order valence-electron chi connectivity index (χ0n) is 18.9. The summed E-state index contributed by atoms with van der Waals surface area (Å²) in [6.45, 7) is 6.26. The van der Waals surface area contributed by atoms with Crippen LogP contribution in [0.3, 0.4) is 0 Å². The molecule has 3 aromatic rings. The number of anilines is 1. The van der Waals surface area contributed by atoms with Crippen LogP contribution >= 0.6 is 0 Å². The zero-order chi connectivity index (χ0) is 24.4. The maximum atomic E-state index is 12.8. The Morgan fingerprint density at radius 1 is 1.06 bits per heavy atom. The number of rotatable bonds is 12. The number of aromatic nitrogens is 1. The van der Waals surface area contributed by atoms with E-state index in [-0.39, 0.29) is 18.2 Å². The number of hydrogen-bond donors (Lipinski definition) is 2. The number of nitrogens with zero attached hydrogens (tertiary/aromatic N) is 1. The number of ether oxygens (including phenoxy) is 2. The molecule has 0 aliphatic carbocycles. The van der Waals surface area contributed by atoms with Crippen LogP contribution in [0.2, 0.25) is 0 Å². The van der Waals surface area contributed by atoms with Gasteiger partial charge in [-0.3, -0.25) is 9.78 Å². The number of sulfonamides is 1. The van der Waals surface area contributed by atoms with Gasteiger partial charge in [0.15, 0.2) is 11.5 Å². The fourth-order valence-electron chi connectivity index (χ4n) is 3.03. The Kier molecular flexibility index (Phi) is 8.78. The molecule has 9 heteroatoms. The molecule has 1 aromatic heterocycles. The Balaban J connectivity index is 1.65. The number of benzene rings is 2. The fourth-order valence-corrected chi connectivity index (χ4v) is 4.13. The maximum Gasteiger partial charge on any atom is 0.255 e. The van der Waals surface area contributed by atoms with Gasteiger partial charge in [-0.05, 0) is 48.9 Å². The molecule has 2 aromatic carbocycles. The second kappa shape index (κ2) is 12.0.